The predicted molar refractivity (Wildman–Crippen MR) is 130 cm³/mol. The Balaban J connectivity index is 1.41. The molecule has 1 aromatic heterocycles. The molecule has 0 saturated carbocycles. The lowest BCUT2D eigenvalue weighted by Gasteiger charge is -2.23. The number of imidazole rings is 1. The lowest BCUT2D eigenvalue weighted by molar-refractivity contribution is -0.119. The second-order valence-electron chi connectivity index (χ2n) is 8.13. The number of anilines is 1. The number of carbonyl (C=O) groups is 1. The number of nitrogens with zero attached hydrogens (tertiary/aromatic N) is 2. The number of aromatic amines is 1. The normalized spacial score (nSPS) is 16.6. The summed E-state index contributed by atoms with van der Waals surface area (Å²) in [5, 5.41) is 2.82. The number of ether oxygens (including phenoxy) is 1. The molecule has 5 rings (SSSR count). The van der Waals surface area contributed by atoms with Crippen molar-refractivity contribution in [2.24, 2.45) is 0 Å². The number of amides is 1. The highest BCUT2D eigenvalue weighted by molar-refractivity contribution is 7.89. The first-order valence-electron chi connectivity index (χ1n) is 11.0. The Morgan fingerprint density at radius 2 is 1.91 bits per heavy atom. The van der Waals surface area contributed by atoms with E-state index < -0.39 is 16.1 Å². The summed E-state index contributed by atoms with van der Waals surface area (Å²) < 4.78 is 33.5. The van der Waals surface area contributed by atoms with Crippen molar-refractivity contribution in [3.8, 4) is 17.1 Å². The van der Waals surface area contributed by atoms with E-state index in [9.17, 15) is 13.2 Å². The highest BCUT2D eigenvalue weighted by Gasteiger charge is 2.39. The highest BCUT2D eigenvalue weighted by Crippen LogP contribution is 2.29. The molecule has 1 aliphatic rings. The summed E-state index contributed by atoms with van der Waals surface area (Å²) in [7, 11) is -2.34. The average Bonchev–Trinajstić information content (AvgIpc) is 3.52. The molecule has 4 aromatic rings. The second-order valence-corrected chi connectivity index (χ2v) is 10.0. The Morgan fingerprint density at radius 3 is 2.71 bits per heavy atom. The van der Waals surface area contributed by atoms with Gasteiger partial charge in [0.2, 0.25) is 15.9 Å². The fraction of sp³-hybridized carbons (Fsp3) is 0.200. The van der Waals surface area contributed by atoms with Gasteiger partial charge in [-0.3, -0.25) is 4.79 Å². The molecule has 0 radical (unpaired) electrons. The number of benzene rings is 3. The Bertz CT molecular complexity index is 1450. The van der Waals surface area contributed by atoms with Crippen LogP contribution in [0.15, 0.2) is 77.7 Å². The fourth-order valence-corrected chi connectivity index (χ4v) is 5.92. The first-order valence-corrected chi connectivity index (χ1v) is 12.4. The van der Waals surface area contributed by atoms with E-state index in [1.807, 2.05) is 30.3 Å². The van der Waals surface area contributed by atoms with E-state index in [0.29, 0.717) is 41.1 Å². The zero-order valence-corrected chi connectivity index (χ0v) is 19.4. The monoisotopic (exact) mass is 476 g/mol. The van der Waals surface area contributed by atoms with Gasteiger partial charge in [0.25, 0.3) is 0 Å². The van der Waals surface area contributed by atoms with Gasteiger partial charge in [0.15, 0.2) is 0 Å². The first-order chi connectivity index (χ1) is 16.5. The molecule has 0 unspecified atom stereocenters. The SMILES string of the molecule is COc1cccc(NC(=O)[C@@H]2CCCN2S(=O)(=O)c2ccc3nc(-c4ccccc4)[nH]c3c2)c1. The zero-order chi connectivity index (χ0) is 23.7. The predicted octanol–water partition coefficient (Wildman–Crippen LogP) is 4.03. The van der Waals surface area contributed by atoms with Gasteiger partial charge in [-0.25, -0.2) is 13.4 Å². The van der Waals surface area contributed by atoms with Crippen LogP contribution in [0.5, 0.6) is 5.75 Å². The Hall–Kier alpha value is -3.69. The molecule has 2 heterocycles. The molecule has 34 heavy (non-hydrogen) atoms. The van der Waals surface area contributed by atoms with E-state index in [1.165, 1.54) is 4.31 Å². The van der Waals surface area contributed by atoms with Gasteiger partial charge in [-0.2, -0.15) is 4.31 Å². The maximum absolute atomic E-state index is 13.5. The molecule has 0 aliphatic carbocycles. The van der Waals surface area contributed by atoms with Crippen LogP contribution in [0.25, 0.3) is 22.4 Å². The van der Waals surface area contributed by atoms with Crippen molar-refractivity contribution < 1.29 is 17.9 Å². The van der Waals surface area contributed by atoms with Crippen LogP contribution in [0.1, 0.15) is 12.8 Å². The fourth-order valence-electron chi connectivity index (χ4n) is 4.23. The van der Waals surface area contributed by atoms with Crippen molar-refractivity contribution in [3.05, 3.63) is 72.8 Å². The van der Waals surface area contributed by atoms with Crippen LogP contribution >= 0.6 is 0 Å². The third-order valence-electron chi connectivity index (χ3n) is 5.95. The molecule has 9 heteroatoms. The topological polar surface area (TPSA) is 104 Å². The molecule has 1 atom stereocenters. The van der Waals surface area contributed by atoms with E-state index in [0.717, 1.165) is 5.56 Å². The minimum atomic E-state index is -3.88. The molecule has 1 amide bonds. The number of methoxy groups -OCH3 is 1. The number of hydrogen-bond acceptors (Lipinski definition) is 5. The summed E-state index contributed by atoms with van der Waals surface area (Å²) in [4.78, 5) is 20.9. The first kappa shape index (κ1) is 22.1. The molecular weight excluding hydrogens is 452 g/mol. The summed E-state index contributed by atoms with van der Waals surface area (Å²) in [6.45, 7) is 0.287. The van der Waals surface area contributed by atoms with Crippen LogP contribution in [0.2, 0.25) is 0 Å². The number of fused-ring (bicyclic) bond motifs is 1. The molecular formula is C25H24N4O4S. The molecule has 0 spiro atoms. The Kier molecular flexibility index (Phi) is 5.80. The molecule has 2 N–H and O–H groups in total. The van der Waals surface area contributed by atoms with Crippen molar-refractivity contribution in [3.63, 3.8) is 0 Å². The van der Waals surface area contributed by atoms with Gasteiger partial charge in [-0.05, 0) is 43.2 Å². The van der Waals surface area contributed by atoms with Gasteiger partial charge in [-0.15, -0.1) is 0 Å². The van der Waals surface area contributed by atoms with E-state index in [-0.39, 0.29) is 17.3 Å². The summed E-state index contributed by atoms with van der Waals surface area (Å²) in [6.07, 6.45) is 1.07. The molecule has 1 aliphatic heterocycles. The van der Waals surface area contributed by atoms with Crippen molar-refractivity contribution in [1.29, 1.82) is 0 Å². The highest BCUT2D eigenvalue weighted by atomic mass is 32.2. The third kappa shape index (κ3) is 4.15. The second kappa shape index (κ2) is 8.92. The maximum atomic E-state index is 13.5. The molecule has 1 fully saturated rings. The molecule has 0 bridgehead atoms. The van der Waals surface area contributed by atoms with Gasteiger partial charge < -0.3 is 15.0 Å². The number of sulfonamides is 1. The van der Waals surface area contributed by atoms with E-state index in [2.05, 4.69) is 15.3 Å². The number of rotatable bonds is 6. The van der Waals surface area contributed by atoms with Crippen LogP contribution in [-0.2, 0) is 14.8 Å². The van der Waals surface area contributed by atoms with Crippen molar-refractivity contribution in [2.45, 2.75) is 23.8 Å². The summed E-state index contributed by atoms with van der Waals surface area (Å²) in [5.41, 5.74) is 2.76. The van der Waals surface area contributed by atoms with Crippen molar-refractivity contribution in [2.75, 3.05) is 19.0 Å². The van der Waals surface area contributed by atoms with Crippen LogP contribution in [0, 0.1) is 0 Å². The van der Waals surface area contributed by atoms with E-state index in [1.54, 1.807) is 49.6 Å². The standard InChI is InChI=1S/C25H24N4O4S/c1-33-19-10-5-9-18(15-19)26-25(30)23-11-6-14-29(23)34(31,32)20-12-13-21-22(16-20)28-24(27-21)17-7-3-2-4-8-17/h2-5,7-10,12-13,15-16,23H,6,11,14H2,1H3,(H,26,30)(H,27,28)/t23-/m0/s1. The van der Waals surface area contributed by atoms with Gasteiger partial charge in [-0.1, -0.05) is 36.4 Å². The van der Waals surface area contributed by atoms with E-state index in [4.69, 9.17) is 4.74 Å². The van der Waals surface area contributed by atoms with Crippen molar-refractivity contribution in [1.82, 2.24) is 14.3 Å². The third-order valence-corrected chi connectivity index (χ3v) is 7.85. The largest absolute Gasteiger partial charge is 0.497 e. The molecule has 174 valence electrons. The molecule has 8 nitrogen and oxygen atoms in total. The van der Waals surface area contributed by atoms with Crippen LogP contribution < -0.4 is 10.1 Å². The molecule has 3 aromatic carbocycles. The summed E-state index contributed by atoms with van der Waals surface area (Å²) in [5.74, 6) is 0.918. The zero-order valence-electron chi connectivity index (χ0n) is 18.6. The smallest absolute Gasteiger partial charge is 0.243 e. The lowest BCUT2D eigenvalue weighted by Crippen LogP contribution is -2.43. The molecule has 1 saturated heterocycles. The summed E-state index contributed by atoms with van der Waals surface area (Å²) >= 11 is 0. The maximum Gasteiger partial charge on any atom is 0.243 e. The van der Waals surface area contributed by atoms with Gasteiger partial charge in [0.05, 0.1) is 23.0 Å². The number of carbonyl (C=O) groups excluding carboxylic acids is 1. The van der Waals surface area contributed by atoms with Crippen LogP contribution in [0.4, 0.5) is 5.69 Å². The van der Waals surface area contributed by atoms with Crippen LogP contribution in [0.3, 0.4) is 0 Å². The lowest BCUT2D eigenvalue weighted by atomic mass is 10.2. The Labute approximate surface area is 197 Å². The number of hydrogen-bond donors (Lipinski definition) is 2. The number of nitrogens with one attached hydrogen (secondary N) is 2. The number of aromatic nitrogens is 2. The average molecular weight is 477 g/mol. The van der Waals surface area contributed by atoms with Gasteiger partial charge in [0.1, 0.15) is 17.6 Å². The van der Waals surface area contributed by atoms with E-state index >= 15 is 0 Å². The Morgan fingerprint density at radius 1 is 1.09 bits per heavy atom. The minimum Gasteiger partial charge on any atom is -0.497 e. The minimum absolute atomic E-state index is 0.129. The summed E-state index contributed by atoms with van der Waals surface area (Å²) in [6, 6.07) is 20.6. The van der Waals surface area contributed by atoms with Crippen LogP contribution in [-0.4, -0.2) is 48.3 Å². The van der Waals surface area contributed by atoms with Gasteiger partial charge in [0, 0.05) is 23.9 Å². The number of H-pyrrole nitrogens is 1. The quantitative estimate of drug-likeness (QED) is 0.437. The van der Waals surface area contributed by atoms with Gasteiger partial charge >= 0.3 is 0 Å². The van der Waals surface area contributed by atoms with Crippen molar-refractivity contribution >= 4 is 32.7 Å².